The second-order valence-electron chi connectivity index (χ2n) is 5.26. The van der Waals surface area contributed by atoms with Gasteiger partial charge in [0.05, 0.1) is 11.4 Å². The first-order valence-corrected chi connectivity index (χ1v) is 8.56. The molecule has 0 atom stereocenters. The van der Waals surface area contributed by atoms with Gasteiger partial charge in [-0.1, -0.05) is 28.9 Å². The van der Waals surface area contributed by atoms with Crippen molar-refractivity contribution in [1.82, 2.24) is 20.0 Å². The molecule has 0 unspecified atom stereocenters. The van der Waals surface area contributed by atoms with E-state index in [2.05, 4.69) is 15.3 Å². The van der Waals surface area contributed by atoms with Gasteiger partial charge in [0.2, 0.25) is 0 Å². The second-order valence-corrected chi connectivity index (χ2v) is 6.55. The molecule has 0 saturated carbocycles. The van der Waals surface area contributed by atoms with Crippen LogP contribution in [-0.2, 0) is 0 Å². The van der Waals surface area contributed by atoms with Gasteiger partial charge in [-0.3, -0.25) is 0 Å². The predicted molar refractivity (Wildman–Crippen MR) is 97.3 cm³/mol. The standard InChI is InChI=1S/C17H11ClFN5S/c18-11-3-1-10(2-4-11)14-9-25-17(21-14)15-16(20)24(23-22-15)13-7-5-12(19)6-8-13/h1-9H,20H2. The fourth-order valence-electron chi connectivity index (χ4n) is 2.35. The molecule has 0 aliphatic carbocycles. The number of benzene rings is 2. The van der Waals surface area contributed by atoms with Crippen molar-refractivity contribution in [3.8, 4) is 27.6 Å². The van der Waals surface area contributed by atoms with Crippen molar-refractivity contribution in [2.24, 2.45) is 0 Å². The van der Waals surface area contributed by atoms with Crippen LogP contribution in [0.4, 0.5) is 10.2 Å². The van der Waals surface area contributed by atoms with E-state index in [1.165, 1.54) is 28.2 Å². The third-order valence-corrected chi connectivity index (χ3v) is 4.72. The van der Waals surface area contributed by atoms with E-state index >= 15 is 0 Å². The number of aromatic nitrogens is 4. The van der Waals surface area contributed by atoms with Crippen LogP contribution in [0.2, 0.25) is 5.02 Å². The highest BCUT2D eigenvalue weighted by Crippen LogP contribution is 2.31. The maximum Gasteiger partial charge on any atom is 0.165 e. The molecule has 0 aliphatic heterocycles. The lowest BCUT2D eigenvalue weighted by atomic mass is 10.2. The van der Waals surface area contributed by atoms with Gasteiger partial charge in [0.1, 0.15) is 10.8 Å². The van der Waals surface area contributed by atoms with Crippen LogP contribution >= 0.6 is 22.9 Å². The van der Waals surface area contributed by atoms with Crippen LogP contribution in [0.3, 0.4) is 0 Å². The molecular weight excluding hydrogens is 361 g/mol. The quantitative estimate of drug-likeness (QED) is 0.578. The zero-order chi connectivity index (χ0) is 17.4. The lowest BCUT2D eigenvalue weighted by molar-refractivity contribution is 0.627. The number of nitrogen functional groups attached to an aromatic ring is 1. The molecule has 0 aliphatic rings. The van der Waals surface area contributed by atoms with Crippen molar-refractivity contribution in [1.29, 1.82) is 0 Å². The Hall–Kier alpha value is -2.77. The summed E-state index contributed by atoms with van der Waals surface area (Å²) in [7, 11) is 0. The lowest BCUT2D eigenvalue weighted by Gasteiger charge is -2.02. The number of nitrogens with two attached hydrogens (primary N) is 1. The number of anilines is 1. The smallest absolute Gasteiger partial charge is 0.165 e. The molecule has 124 valence electrons. The molecule has 2 aromatic heterocycles. The number of thiazole rings is 1. The summed E-state index contributed by atoms with van der Waals surface area (Å²) in [6.45, 7) is 0. The van der Waals surface area contributed by atoms with Gasteiger partial charge in [-0.25, -0.2) is 9.37 Å². The third-order valence-electron chi connectivity index (χ3n) is 3.62. The summed E-state index contributed by atoms with van der Waals surface area (Å²) in [6.07, 6.45) is 0. The van der Waals surface area contributed by atoms with Crippen molar-refractivity contribution in [3.05, 3.63) is 64.8 Å². The highest BCUT2D eigenvalue weighted by Gasteiger charge is 2.17. The highest BCUT2D eigenvalue weighted by atomic mass is 35.5. The van der Waals surface area contributed by atoms with Crippen molar-refractivity contribution in [3.63, 3.8) is 0 Å². The van der Waals surface area contributed by atoms with Crippen LogP contribution in [-0.4, -0.2) is 20.0 Å². The first-order valence-electron chi connectivity index (χ1n) is 7.31. The van der Waals surface area contributed by atoms with Gasteiger partial charge in [0.25, 0.3) is 0 Å². The SMILES string of the molecule is Nc1c(-c2nc(-c3ccc(Cl)cc3)cs2)nnn1-c1ccc(F)cc1. The minimum Gasteiger partial charge on any atom is -0.382 e. The highest BCUT2D eigenvalue weighted by molar-refractivity contribution is 7.13. The van der Waals surface area contributed by atoms with Gasteiger partial charge < -0.3 is 5.73 Å². The average molecular weight is 372 g/mol. The van der Waals surface area contributed by atoms with Crippen LogP contribution in [0.1, 0.15) is 0 Å². The topological polar surface area (TPSA) is 69.6 Å². The molecule has 2 heterocycles. The molecule has 5 nitrogen and oxygen atoms in total. The van der Waals surface area contributed by atoms with Crippen LogP contribution in [0, 0.1) is 5.82 Å². The zero-order valence-electron chi connectivity index (χ0n) is 12.7. The fraction of sp³-hybridized carbons (Fsp3) is 0. The van der Waals surface area contributed by atoms with E-state index in [1.807, 2.05) is 29.6 Å². The van der Waals surface area contributed by atoms with E-state index in [0.29, 0.717) is 27.2 Å². The summed E-state index contributed by atoms with van der Waals surface area (Å²) in [6, 6.07) is 13.3. The van der Waals surface area contributed by atoms with E-state index in [9.17, 15) is 4.39 Å². The van der Waals surface area contributed by atoms with Gasteiger partial charge in [-0.15, -0.1) is 16.4 Å². The number of hydrogen-bond donors (Lipinski definition) is 1. The van der Waals surface area contributed by atoms with Crippen LogP contribution in [0.5, 0.6) is 0 Å². The summed E-state index contributed by atoms with van der Waals surface area (Å²) in [5.74, 6) is 0.0267. The molecule has 2 aromatic carbocycles. The molecule has 0 saturated heterocycles. The van der Waals surface area contributed by atoms with Crippen LogP contribution in [0.25, 0.3) is 27.6 Å². The van der Waals surface area contributed by atoms with Gasteiger partial charge in [0.15, 0.2) is 11.5 Å². The zero-order valence-corrected chi connectivity index (χ0v) is 14.3. The average Bonchev–Trinajstić information content (AvgIpc) is 3.23. The molecule has 4 rings (SSSR count). The van der Waals surface area contributed by atoms with Crippen LogP contribution < -0.4 is 5.73 Å². The molecule has 0 spiro atoms. The third kappa shape index (κ3) is 2.99. The predicted octanol–water partition coefficient (Wildman–Crippen LogP) is 4.43. The Kier molecular flexibility index (Phi) is 3.95. The van der Waals surface area contributed by atoms with Gasteiger partial charge in [0, 0.05) is 16.0 Å². The number of halogens is 2. The second kappa shape index (κ2) is 6.27. The maximum absolute atomic E-state index is 13.1. The Balaban J connectivity index is 1.69. The molecular formula is C17H11ClFN5S. The first-order chi connectivity index (χ1) is 12.1. The Morgan fingerprint density at radius 3 is 2.48 bits per heavy atom. The van der Waals surface area contributed by atoms with Gasteiger partial charge >= 0.3 is 0 Å². The summed E-state index contributed by atoms with van der Waals surface area (Å²) >= 11 is 7.34. The van der Waals surface area contributed by atoms with Gasteiger partial charge in [-0.05, 0) is 36.4 Å². The van der Waals surface area contributed by atoms with E-state index in [0.717, 1.165) is 11.3 Å². The van der Waals surface area contributed by atoms with Crippen LogP contribution in [0.15, 0.2) is 53.9 Å². The monoisotopic (exact) mass is 371 g/mol. The maximum atomic E-state index is 13.1. The lowest BCUT2D eigenvalue weighted by Crippen LogP contribution is -2.02. The minimum atomic E-state index is -0.324. The number of hydrogen-bond acceptors (Lipinski definition) is 5. The van der Waals surface area contributed by atoms with Crippen molar-refractivity contribution < 1.29 is 4.39 Å². The molecule has 2 N–H and O–H groups in total. The molecule has 25 heavy (non-hydrogen) atoms. The molecule has 4 aromatic rings. The fourth-order valence-corrected chi connectivity index (χ4v) is 3.30. The van der Waals surface area contributed by atoms with Crippen molar-refractivity contribution >= 4 is 28.8 Å². The van der Waals surface area contributed by atoms with Gasteiger partial charge in [-0.2, -0.15) is 4.68 Å². The Bertz CT molecular complexity index is 1020. The van der Waals surface area contributed by atoms with E-state index in [4.69, 9.17) is 17.3 Å². The summed E-state index contributed by atoms with van der Waals surface area (Å²) in [5.41, 5.74) is 9.06. The van der Waals surface area contributed by atoms with E-state index in [1.54, 1.807) is 12.1 Å². The molecule has 0 radical (unpaired) electrons. The largest absolute Gasteiger partial charge is 0.382 e. The Labute approximate surface area is 151 Å². The summed E-state index contributed by atoms with van der Waals surface area (Å²) in [5, 5.41) is 11.4. The number of rotatable bonds is 3. The minimum absolute atomic E-state index is 0.324. The molecule has 0 bridgehead atoms. The summed E-state index contributed by atoms with van der Waals surface area (Å²) < 4.78 is 14.5. The Morgan fingerprint density at radius 1 is 1.04 bits per heavy atom. The summed E-state index contributed by atoms with van der Waals surface area (Å²) in [4.78, 5) is 4.58. The van der Waals surface area contributed by atoms with E-state index < -0.39 is 0 Å². The van der Waals surface area contributed by atoms with Crippen molar-refractivity contribution in [2.75, 3.05) is 5.73 Å². The number of nitrogens with zero attached hydrogens (tertiary/aromatic N) is 4. The van der Waals surface area contributed by atoms with Crippen molar-refractivity contribution in [2.45, 2.75) is 0 Å². The molecule has 8 heteroatoms. The normalized spacial score (nSPS) is 11.0. The van der Waals surface area contributed by atoms with E-state index in [-0.39, 0.29) is 5.82 Å². The Morgan fingerprint density at radius 2 is 1.76 bits per heavy atom. The first kappa shape index (κ1) is 15.7. The molecule has 0 amide bonds. The molecule has 0 fully saturated rings.